The number of hydrogen-bond donors (Lipinski definition) is 3. The first-order valence-electron chi connectivity index (χ1n) is 7.23. The maximum atomic E-state index is 12.4. The van der Waals surface area contributed by atoms with Gasteiger partial charge in [0, 0.05) is 5.39 Å². The maximum Gasteiger partial charge on any atom is 0.272 e. The van der Waals surface area contributed by atoms with Crippen molar-refractivity contribution in [1.82, 2.24) is 15.5 Å². The molecule has 0 radical (unpaired) electrons. The Balaban J connectivity index is 1.79. The van der Waals surface area contributed by atoms with Gasteiger partial charge in [-0.2, -0.15) is 5.10 Å². The summed E-state index contributed by atoms with van der Waals surface area (Å²) in [4.78, 5) is 12.5. The molecule has 1 heterocycles. The van der Waals surface area contributed by atoms with Gasteiger partial charge in [-0.05, 0) is 30.7 Å². The lowest BCUT2D eigenvalue weighted by molar-refractivity contribution is 0.0936. The minimum atomic E-state index is -3.73. The Labute approximate surface area is 138 Å². The number of amides is 1. The highest BCUT2D eigenvalue weighted by molar-refractivity contribution is 7.89. The predicted octanol–water partition coefficient (Wildman–Crippen LogP) is 1.70. The second kappa shape index (κ2) is 6.06. The Bertz CT molecular complexity index is 994. The molecule has 1 amide bonds. The van der Waals surface area contributed by atoms with Crippen molar-refractivity contribution in [3.05, 3.63) is 59.8 Å². The van der Waals surface area contributed by atoms with E-state index >= 15 is 0 Å². The fourth-order valence-corrected chi connectivity index (χ4v) is 2.95. The van der Waals surface area contributed by atoms with Crippen LogP contribution in [0.25, 0.3) is 10.9 Å². The fourth-order valence-electron chi connectivity index (χ4n) is 2.43. The molecule has 0 fully saturated rings. The number of H-pyrrole nitrogens is 1. The van der Waals surface area contributed by atoms with Gasteiger partial charge in [0.25, 0.3) is 5.91 Å². The highest BCUT2D eigenvalue weighted by Gasteiger charge is 2.17. The van der Waals surface area contributed by atoms with Gasteiger partial charge in [0.1, 0.15) is 0 Å². The molecule has 1 atom stereocenters. The SMILES string of the molecule is C[C@H](NC(=O)c1n[nH]c2ccccc12)c1ccc(S(N)(=O)=O)cc1. The van der Waals surface area contributed by atoms with E-state index in [1.54, 1.807) is 19.1 Å². The first-order chi connectivity index (χ1) is 11.4. The number of sulfonamides is 1. The van der Waals surface area contributed by atoms with Crippen molar-refractivity contribution in [2.24, 2.45) is 5.14 Å². The van der Waals surface area contributed by atoms with Gasteiger partial charge in [-0.3, -0.25) is 9.89 Å². The number of aromatic nitrogens is 2. The molecule has 124 valence electrons. The zero-order valence-corrected chi connectivity index (χ0v) is 13.7. The van der Waals surface area contributed by atoms with Crippen molar-refractivity contribution in [3.63, 3.8) is 0 Å². The zero-order valence-electron chi connectivity index (χ0n) is 12.9. The molecule has 0 spiro atoms. The molecule has 0 unspecified atom stereocenters. The van der Waals surface area contributed by atoms with Gasteiger partial charge in [0.2, 0.25) is 10.0 Å². The molecule has 24 heavy (non-hydrogen) atoms. The highest BCUT2D eigenvalue weighted by atomic mass is 32.2. The van der Waals surface area contributed by atoms with E-state index in [0.717, 1.165) is 16.5 Å². The summed E-state index contributed by atoms with van der Waals surface area (Å²) in [5.74, 6) is -0.310. The van der Waals surface area contributed by atoms with Crippen LogP contribution in [-0.2, 0) is 10.0 Å². The summed E-state index contributed by atoms with van der Waals surface area (Å²) < 4.78 is 22.5. The summed E-state index contributed by atoms with van der Waals surface area (Å²) in [6.07, 6.45) is 0. The van der Waals surface area contributed by atoms with Crippen LogP contribution in [0.5, 0.6) is 0 Å². The van der Waals surface area contributed by atoms with Crippen molar-refractivity contribution in [3.8, 4) is 0 Å². The van der Waals surface area contributed by atoms with Gasteiger partial charge in [0.05, 0.1) is 16.5 Å². The van der Waals surface area contributed by atoms with Crippen molar-refractivity contribution >= 4 is 26.8 Å². The molecule has 3 aromatic rings. The molecule has 0 aliphatic heterocycles. The van der Waals surface area contributed by atoms with E-state index in [-0.39, 0.29) is 16.8 Å². The lowest BCUT2D eigenvalue weighted by Gasteiger charge is -2.14. The Morgan fingerprint density at radius 2 is 1.83 bits per heavy atom. The lowest BCUT2D eigenvalue weighted by Crippen LogP contribution is -2.27. The van der Waals surface area contributed by atoms with Gasteiger partial charge in [0.15, 0.2) is 5.69 Å². The van der Waals surface area contributed by atoms with Crippen LogP contribution in [0.1, 0.15) is 29.0 Å². The number of benzene rings is 2. The van der Waals surface area contributed by atoms with E-state index in [2.05, 4.69) is 15.5 Å². The molecular weight excluding hydrogens is 328 g/mol. The number of fused-ring (bicyclic) bond motifs is 1. The van der Waals surface area contributed by atoms with E-state index in [0.29, 0.717) is 5.69 Å². The number of aromatic amines is 1. The Morgan fingerprint density at radius 1 is 1.17 bits per heavy atom. The first kappa shape index (κ1) is 16.2. The van der Waals surface area contributed by atoms with Crippen molar-refractivity contribution in [1.29, 1.82) is 0 Å². The molecule has 7 nitrogen and oxygen atoms in total. The molecule has 4 N–H and O–H groups in total. The number of nitrogens with two attached hydrogens (primary N) is 1. The van der Waals surface area contributed by atoms with E-state index in [4.69, 9.17) is 5.14 Å². The first-order valence-corrected chi connectivity index (χ1v) is 8.77. The van der Waals surface area contributed by atoms with Gasteiger partial charge in [-0.1, -0.05) is 30.3 Å². The molecule has 0 aliphatic carbocycles. The smallest absolute Gasteiger partial charge is 0.272 e. The van der Waals surface area contributed by atoms with Crippen LogP contribution in [0.3, 0.4) is 0 Å². The quantitative estimate of drug-likeness (QED) is 0.667. The average molecular weight is 344 g/mol. The van der Waals surface area contributed by atoms with Crippen LogP contribution in [0.4, 0.5) is 0 Å². The van der Waals surface area contributed by atoms with E-state index in [1.165, 1.54) is 12.1 Å². The lowest BCUT2D eigenvalue weighted by atomic mass is 10.1. The summed E-state index contributed by atoms with van der Waals surface area (Å²) in [5, 5.41) is 15.5. The summed E-state index contributed by atoms with van der Waals surface area (Å²) in [7, 11) is -3.73. The number of hydrogen-bond acceptors (Lipinski definition) is 4. The number of carbonyl (C=O) groups excluding carboxylic acids is 1. The van der Waals surface area contributed by atoms with E-state index in [1.807, 2.05) is 24.3 Å². The van der Waals surface area contributed by atoms with Crippen LogP contribution in [0.2, 0.25) is 0 Å². The molecule has 8 heteroatoms. The Hall–Kier alpha value is -2.71. The van der Waals surface area contributed by atoms with Crippen LogP contribution < -0.4 is 10.5 Å². The molecule has 2 aromatic carbocycles. The fraction of sp³-hybridized carbons (Fsp3) is 0.125. The van der Waals surface area contributed by atoms with Gasteiger partial charge < -0.3 is 5.32 Å². The largest absolute Gasteiger partial charge is 0.344 e. The minimum absolute atomic E-state index is 0.0306. The molecule has 0 saturated carbocycles. The van der Waals surface area contributed by atoms with Crippen LogP contribution in [0, 0.1) is 0 Å². The monoisotopic (exact) mass is 344 g/mol. The second-order valence-electron chi connectivity index (χ2n) is 5.43. The highest BCUT2D eigenvalue weighted by Crippen LogP contribution is 2.18. The number of carbonyl (C=O) groups is 1. The number of nitrogens with zero attached hydrogens (tertiary/aromatic N) is 1. The third kappa shape index (κ3) is 3.15. The van der Waals surface area contributed by atoms with E-state index < -0.39 is 10.0 Å². The molecular formula is C16H16N4O3S. The number of nitrogens with one attached hydrogen (secondary N) is 2. The summed E-state index contributed by atoms with van der Waals surface area (Å²) in [6.45, 7) is 1.80. The Kier molecular flexibility index (Phi) is 4.08. The molecule has 1 aromatic heterocycles. The zero-order chi connectivity index (χ0) is 17.3. The second-order valence-corrected chi connectivity index (χ2v) is 6.99. The average Bonchev–Trinajstić information content (AvgIpc) is 2.98. The van der Waals surface area contributed by atoms with Crippen LogP contribution in [0.15, 0.2) is 53.4 Å². The van der Waals surface area contributed by atoms with Crippen molar-refractivity contribution < 1.29 is 13.2 Å². The molecule has 0 saturated heterocycles. The van der Waals surface area contributed by atoms with Crippen molar-refractivity contribution in [2.75, 3.05) is 0 Å². The van der Waals surface area contributed by atoms with Gasteiger partial charge >= 0.3 is 0 Å². The maximum absolute atomic E-state index is 12.4. The minimum Gasteiger partial charge on any atom is -0.344 e. The molecule has 0 bridgehead atoms. The Morgan fingerprint density at radius 3 is 2.50 bits per heavy atom. The summed E-state index contributed by atoms with van der Waals surface area (Å²) in [5.41, 5.74) is 1.86. The normalized spacial score (nSPS) is 12.9. The number of para-hydroxylation sites is 1. The summed E-state index contributed by atoms with van der Waals surface area (Å²) >= 11 is 0. The topological polar surface area (TPSA) is 118 Å². The van der Waals surface area contributed by atoms with E-state index in [9.17, 15) is 13.2 Å². The van der Waals surface area contributed by atoms with Crippen molar-refractivity contribution in [2.45, 2.75) is 17.9 Å². The molecule has 3 rings (SSSR count). The third-order valence-corrected chi connectivity index (χ3v) is 4.67. The number of primary sulfonamides is 1. The van der Waals surface area contributed by atoms with Crippen LogP contribution in [-0.4, -0.2) is 24.5 Å². The standard InChI is InChI=1S/C16H16N4O3S/c1-10(11-6-8-12(9-7-11)24(17,22)23)18-16(21)15-13-4-2-3-5-14(13)19-20-15/h2-10H,1H3,(H,18,21)(H,19,20)(H2,17,22,23)/t10-/m0/s1. The number of rotatable bonds is 4. The summed E-state index contributed by atoms with van der Waals surface area (Å²) in [6, 6.07) is 13.1. The van der Waals surface area contributed by atoms with Crippen LogP contribution >= 0.6 is 0 Å². The third-order valence-electron chi connectivity index (χ3n) is 3.74. The molecule has 0 aliphatic rings. The van der Waals surface area contributed by atoms with Gasteiger partial charge in [-0.25, -0.2) is 13.6 Å². The van der Waals surface area contributed by atoms with Gasteiger partial charge in [-0.15, -0.1) is 0 Å². The predicted molar refractivity (Wildman–Crippen MR) is 89.8 cm³/mol.